The highest BCUT2D eigenvalue weighted by Gasteiger charge is 2.57. The van der Waals surface area contributed by atoms with Crippen molar-refractivity contribution in [1.29, 1.82) is 0 Å². The lowest BCUT2D eigenvalue weighted by Gasteiger charge is -2.42. The summed E-state index contributed by atoms with van der Waals surface area (Å²) in [5.41, 5.74) is 2.79. The number of aromatic hydroxyl groups is 1. The van der Waals surface area contributed by atoms with E-state index in [-0.39, 0.29) is 35.6 Å². The highest BCUT2D eigenvalue weighted by atomic mass is 127. The molecule has 2 aromatic rings. The third-order valence-electron chi connectivity index (χ3n) is 8.47. The number of amides is 2. The third kappa shape index (κ3) is 3.85. The van der Waals surface area contributed by atoms with Gasteiger partial charge in [-0.3, -0.25) is 24.1 Å². The number of phenols is 1. The van der Waals surface area contributed by atoms with Crippen molar-refractivity contribution < 1.29 is 33.8 Å². The molecule has 0 radical (unpaired) electrons. The summed E-state index contributed by atoms with van der Waals surface area (Å²) < 4.78 is 12.3. The number of ketones is 2. The molecule has 40 heavy (non-hydrogen) atoms. The molecule has 4 unspecified atom stereocenters. The first-order chi connectivity index (χ1) is 19.2. The number of fused-ring (bicyclic) bond motifs is 3. The van der Waals surface area contributed by atoms with Crippen LogP contribution in [0.3, 0.4) is 0 Å². The minimum atomic E-state index is -0.754. The molecule has 3 aliphatic carbocycles. The summed E-state index contributed by atoms with van der Waals surface area (Å²) in [6.07, 6.45) is 3.79. The van der Waals surface area contributed by atoms with Gasteiger partial charge < -0.3 is 14.6 Å². The number of anilines is 1. The van der Waals surface area contributed by atoms with Crippen LogP contribution in [0.4, 0.5) is 5.69 Å². The van der Waals surface area contributed by atoms with Gasteiger partial charge in [-0.05, 0) is 78.6 Å². The second-order valence-corrected chi connectivity index (χ2v) is 11.7. The van der Waals surface area contributed by atoms with Gasteiger partial charge in [0, 0.05) is 43.9 Å². The van der Waals surface area contributed by atoms with E-state index in [0.29, 0.717) is 45.9 Å². The van der Waals surface area contributed by atoms with Gasteiger partial charge in [0.1, 0.15) is 17.2 Å². The molecular formula is C31H26INO7. The van der Waals surface area contributed by atoms with Crippen molar-refractivity contribution >= 4 is 51.7 Å². The maximum atomic E-state index is 14.0. The standard InChI is InChI=1S/C31H26INO7/c1-14-10-22(35)21-13-20-18(26(27(21)29(14)36)28-23(39-2)11-17(34)12-24(28)40-3)8-9-19-25(20)31(38)33(30(19)37)16-6-4-15(32)5-7-16/h4-8,10-12,19-20,25-26,34H,9,13H2,1-3H3. The molecule has 4 aliphatic rings. The fourth-order valence-electron chi connectivity index (χ4n) is 6.75. The topological polar surface area (TPSA) is 110 Å². The number of nitrogens with zero attached hydrogens (tertiary/aromatic N) is 1. The Balaban J connectivity index is 1.54. The van der Waals surface area contributed by atoms with Gasteiger partial charge in [-0.2, -0.15) is 0 Å². The second-order valence-electron chi connectivity index (χ2n) is 10.5. The van der Waals surface area contributed by atoms with Gasteiger partial charge in [0.2, 0.25) is 11.8 Å². The monoisotopic (exact) mass is 651 g/mol. The lowest BCUT2D eigenvalue weighted by Crippen LogP contribution is -2.40. The first-order valence-electron chi connectivity index (χ1n) is 12.9. The number of imide groups is 1. The van der Waals surface area contributed by atoms with E-state index < -0.39 is 23.7 Å². The van der Waals surface area contributed by atoms with Crippen LogP contribution in [-0.4, -0.2) is 42.7 Å². The lowest BCUT2D eigenvalue weighted by molar-refractivity contribution is -0.123. The molecule has 0 bridgehead atoms. The number of methoxy groups -OCH3 is 2. The average molecular weight is 651 g/mol. The van der Waals surface area contributed by atoms with Gasteiger partial charge in [-0.1, -0.05) is 11.6 Å². The van der Waals surface area contributed by atoms with Crippen molar-refractivity contribution in [3.8, 4) is 17.2 Å². The maximum absolute atomic E-state index is 14.0. The van der Waals surface area contributed by atoms with E-state index in [1.165, 1.54) is 37.3 Å². The number of rotatable bonds is 4. The Bertz CT molecular complexity index is 1570. The third-order valence-corrected chi connectivity index (χ3v) is 9.19. The van der Waals surface area contributed by atoms with E-state index in [9.17, 15) is 24.3 Å². The number of Topliss-reactive ketones (excluding diaryl/α,β-unsaturated/α-hetero) is 1. The molecular weight excluding hydrogens is 625 g/mol. The number of carbonyl (C=O) groups is 4. The van der Waals surface area contributed by atoms with Gasteiger partial charge in [0.15, 0.2) is 11.6 Å². The predicted molar refractivity (Wildman–Crippen MR) is 154 cm³/mol. The van der Waals surface area contributed by atoms with Crippen LogP contribution in [0.5, 0.6) is 17.2 Å². The molecule has 0 saturated carbocycles. The molecule has 0 aromatic heterocycles. The van der Waals surface area contributed by atoms with E-state index >= 15 is 0 Å². The van der Waals surface area contributed by atoms with E-state index in [2.05, 4.69) is 22.6 Å². The van der Waals surface area contributed by atoms with Gasteiger partial charge in [-0.25, -0.2) is 0 Å². The summed E-state index contributed by atoms with van der Waals surface area (Å²) in [6, 6.07) is 10.1. The van der Waals surface area contributed by atoms with E-state index in [4.69, 9.17) is 9.47 Å². The van der Waals surface area contributed by atoms with Crippen LogP contribution in [0, 0.1) is 21.3 Å². The number of allylic oxidation sites excluding steroid dienone is 6. The number of hydrogen-bond donors (Lipinski definition) is 1. The number of phenolic OH excluding ortho intramolecular Hbond substituents is 1. The Morgan fingerprint density at radius 2 is 1.60 bits per heavy atom. The molecule has 1 N–H and O–H groups in total. The number of halogens is 1. The zero-order chi connectivity index (χ0) is 28.5. The first-order valence-corrected chi connectivity index (χ1v) is 14.0. The first kappa shape index (κ1) is 26.5. The molecule has 0 spiro atoms. The molecule has 1 saturated heterocycles. The minimum absolute atomic E-state index is 0.0800. The van der Waals surface area contributed by atoms with Crippen molar-refractivity contribution in [2.24, 2.45) is 17.8 Å². The van der Waals surface area contributed by atoms with Crippen LogP contribution < -0.4 is 14.4 Å². The molecule has 6 rings (SSSR count). The van der Waals surface area contributed by atoms with E-state index in [0.717, 1.165) is 9.14 Å². The predicted octanol–water partition coefficient (Wildman–Crippen LogP) is 4.65. The van der Waals surface area contributed by atoms with Crippen LogP contribution >= 0.6 is 22.6 Å². The molecule has 8 nitrogen and oxygen atoms in total. The average Bonchev–Trinajstić information content (AvgIpc) is 3.20. The highest BCUT2D eigenvalue weighted by molar-refractivity contribution is 14.1. The SMILES string of the molecule is COc1cc(O)cc(OC)c1C1C2=CCC3C(=O)N(c4ccc(I)cc4)C(=O)C3C2CC2=C1C(=O)C(C)=CC2=O. The summed E-state index contributed by atoms with van der Waals surface area (Å²) in [5.74, 6) is -3.10. The summed E-state index contributed by atoms with van der Waals surface area (Å²) in [7, 11) is 2.91. The molecule has 9 heteroatoms. The number of carbonyl (C=O) groups excluding carboxylic acids is 4. The zero-order valence-electron chi connectivity index (χ0n) is 22.1. The second kappa shape index (κ2) is 9.72. The maximum Gasteiger partial charge on any atom is 0.238 e. The Labute approximate surface area is 244 Å². The van der Waals surface area contributed by atoms with E-state index in [1.807, 2.05) is 18.2 Å². The van der Waals surface area contributed by atoms with Gasteiger partial charge in [0.05, 0.1) is 31.7 Å². The highest BCUT2D eigenvalue weighted by Crippen LogP contribution is 2.58. The Hall–Kier alpha value is -3.73. The Kier molecular flexibility index (Phi) is 6.44. The molecule has 4 atom stereocenters. The van der Waals surface area contributed by atoms with Crippen LogP contribution in [0.15, 0.2) is 70.8 Å². The minimum Gasteiger partial charge on any atom is -0.508 e. The number of ether oxygens (including phenoxy) is 2. The van der Waals surface area contributed by atoms with Gasteiger partial charge in [0.25, 0.3) is 0 Å². The zero-order valence-corrected chi connectivity index (χ0v) is 24.2. The number of benzene rings is 2. The normalized spacial score (nSPS) is 25.8. The molecule has 1 fully saturated rings. The Morgan fingerprint density at radius 3 is 2.23 bits per heavy atom. The van der Waals surface area contributed by atoms with Crippen molar-refractivity contribution in [3.63, 3.8) is 0 Å². The fourth-order valence-corrected chi connectivity index (χ4v) is 7.11. The van der Waals surface area contributed by atoms with Crippen molar-refractivity contribution in [1.82, 2.24) is 0 Å². The van der Waals surface area contributed by atoms with Crippen LogP contribution in [-0.2, 0) is 19.2 Å². The van der Waals surface area contributed by atoms with Crippen LogP contribution in [0.1, 0.15) is 31.2 Å². The van der Waals surface area contributed by atoms with Crippen molar-refractivity contribution in [3.05, 3.63) is 80.0 Å². The lowest BCUT2D eigenvalue weighted by atomic mass is 9.59. The quantitative estimate of drug-likeness (QED) is 0.222. The summed E-state index contributed by atoms with van der Waals surface area (Å²) in [5, 5.41) is 10.3. The molecule has 2 amide bonds. The largest absolute Gasteiger partial charge is 0.508 e. The number of hydrogen-bond acceptors (Lipinski definition) is 7. The van der Waals surface area contributed by atoms with Crippen LogP contribution in [0.25, 0.3) is 0 Å². The van der Waals surface area contributed by atoms with Gasteiger partial charge >= 0.3 is 0 Å². The molecule has 1 heterocycles. The Morgan fingerprint density at radius 1 is 0.950 bits per heavy atom. The van der Waals surface area contributed by atoms with Crippen molar-refractivity contribution in [2.45, 2.75) is 25.7 Å². The molecule has 1 aliphatic heterocycles. The van der Waals surface area contributed by atoms with E-state index in [1.54, 1.807) is 19.1 Å². The molecule has 2 aromatic carbocycles. The molecule has 204 valence electrons. The summed E-state index contributed by atoms with van der Waals surface area (Å²) >= 11 is 2.17. The smallest absolute Gasteiger partial charge is 0.238 e. The van der Waals surface area contributed by atoms with Crippen molar-refractivity contribution in [2.75, 3.05) is 19.1 Å². The van der Waals surface area contributed by atoms with Crippen LogP contribution in [0.2, 0.25) is 0 Å². The summed E-state index contributed by atoms with van der Waals surface area (Å²) in [6.45, 7) is 1.61. The fraction of sp³-hybridized carbons (Fsp3) is 0.290. The summed E-state index contributed by atoms with van der Waals surface area (Å²) in [4.78, 5) is 55.9. The van der Waals surface area contributed by atoms with Gasteiger partial charge in [-0.15, -0.1) is 0 Å².